The van der Waals surface area contributed by atoms with Crippen molar-refractivity contribution in [1.82, 2.24) is 0 Å². The van der Waals surface area contributed by atoms with Crippen molar-refractivity contribution >= 4 is 23.2 Å². The monoisotopic (exact) mass is 277 g/mol. The van der Waals surface area contributed by atoms with E-state index in [2.05, 4.69) is 4.90 Å². The molecular formula is C16H20ClNO. The van der Waals surface area contributed by atoms with E-state index in [-0.39, 0.29) is 5.91 Å². The molecule has 0 aliphatic heterocycles. The molecule has 0 atom stereocenters. The molecule has 3 heteroatoms. The topological polar surface area (TPSA) is 20.3 Å². The van der Waals surface area contributed by atoms with E-state index in [0.29, 0.717) is 30.2 Å². The average Bonchev–Trinajstić information content (AvgIpc) is 3.29. The number of benzene rings is 1. The highest BCUT2D eigenvalue weighted by molar-refractivity contribution is 6.19. The second-order valence-electron chi connectivity index (χ2n) is 5.70. The minimum absolute atomic E-state index is 0.185. The van der Waals surface area contributed by atoms with E-state index in [1.165, 1.54) is 25.7 Å². The van der Waals surface area contributed by atoms with Crippen molar-refractivity contribution < 1.29 is 4.79 Å². The summed E-state index contributed by atoms with van der Waals surface area (Å²) in [5, 5.41) is 0. The smallest absolute Gasteiger partial charge is 0.228 e. The molecule has 0 bridgehead atoms. The first-order valence-corrected chi connectivity index (χ1v) is 7.78. The van der Waals surface area contributed by atoms with Crippen LogP contribution in [-0.4, -0.2) is 17.8 Å². The van der Waals surface area contributed by atoms with Crippen LogP contribution in [0.5, 0.6) is 0 Å². The number of alkyl halides is 1. The Hall–Kier alpha value is -1.02. The lowest BCUT2D eigenvalue weighted by Gasteiger charge is -2.32. The van der Waals surface area contributed by atoms with Gasteiger partial charge < -0.3 is 4.90 Å². The first-order chi connectivity index (χ1) is 9.31. The maximum absolute atomic E-state index is 12.5. The quantitative estimate of drug-likeness (QED) is 0.724. The van der Waals surface area contributed by atoms with Crippen LogP contribution in [0.3, 0.4) is 0 Å². The largest absolute Gasteiger partial charge is 0.309 e. The van der Waals surface area contributed by atoms with Crippen molar-refractivity contribution in [3.63, 3.8) is 0 Å². The van der Waals surface area contributed by atoms with Crippen LogP contribution in [0, 0.1) is 11.8 Å². The van der Waals surface area contributed by atoms with E-state index in [0.717, 1.165) is 5.69 Å². The summed E-state index contributed by atoms with van der Waals surface area (Å²) in [6, 6.07) is 10.5. The zero-order valence-electron chi connectivity index (χ0n) is 11.1. The van der Waals surface area contributed by atoms with Crippen LogP contribution in [0.4, 0.5) is 5.69 Å². The van der Waals surface area contributed by atoms with Gasteiger partial charge in [0.05, 0.1) is 0 Å². The number of anilines is 1. The molecule has 2 aliphatic carbocycles. The van der Waals surface area contributed by atoms with Gasteiger partial charge in [-0.2, -0.15) is 0 Å². The standard InChI is InChI=1S/C16H20ClNO/c17-11-10-15(19)18(14-4-2-1-3-5-14)16(12-6-7-12)13-8-9-13/h1-5,12-13,16H,6-11H2. The van der Waals surface area contributed by atoms with Crippen molar-refractivity contribution in [2.45, 2.75) is 38.1 Å². The van der Waals surface area contributed by atoms with E-state index in [9.17, 15) is 4.79 Å². The number of hydrogen-bond donors (Lipinski definition) is 0. The number of amides is 1. The molecule has 2 saturated carbocycles. The van der Waals surface area contributed by atoms with Crippen LogP contribution in [-0.2, 0) is 4.79 Å². The number of para-hydroxylation sites is 1. The third kappa shape index (κ3) is 2.94. The van der Waals surface area contributed by atoms with Crippen molar-refractivity contribution in [3.05, 3.63) is 30.3 Å². The number of carbonyl (C=O) groups is 1. The van der Waals surface area contributed by atoms with Gasteiger partial charge in [-0.1, -0.05) is 18.2 Å². The predicted octanol–water partition coefficient (Wildman–Crippen LogP) is 3.84. The normalized spacial score (nSPS) is 18.6. The fraction of sp³-hybridized carbons (Fsp3) is 0.562. The summed E-state index contributed by atoms with van der Waals surface area (Å²) < 4.78 is 0. The Balaban J connectivity index is 1.88. The van der Waals surface area contributed by atoms with E-state index >= 15 is 0 Å². The average molecular weight is 278 g/mol. The lowest BCUT2D eigenvalue weighted by atomic mass is 10.0. The third-order valence-electron chi connectivity index (χ3n) is 4.12. The first-order valence-electron chi connectivity index (χ1n) is 7.24. The minimum Gasteiger partial charge on any atom is -0.309 e. The summed E-state index contributed by atoms with van der Waals surface area (Å²) in [5.41, 5.74) is 1.04. The summed E-state index contributed by atoms with van der Waals surface area (Å²) in [5.74, 6) is 2.02. The fourth-order valence-electron chi connectivity index (χ4n) is 2.95. The highest BCUT2D eigenvalue weighted by atomic mass is 35.5. The number of nitrogens with zero attached hydrogens (tertiary/aromatic N) is 1. The molecule has 0 saturated heterocycles. The minimum atomic E-state index is 0.185. The van der Waals surface area contributed by atoms with E-state index in [4.69, 9.17) is 11.6 Å². The number of rotatable bonds is 6. The van der Waals surface area contributed by atoms with E-state index < -0.39 is 0 Å². The van der Waals surface area contributed by atoms with Gasteiger partial charge >= 0.3 is 0 Å². The molecule has 102 valence electrons. The molecule has 0 unspecified atom stereocenters. The van der Waals surface area contributed by atoms with Gasteiger partial charge in [-0.3, -0.25) is 4.79 Å². The molecule has 1 aromatic carbocycles. The highest BCUT2D eigenvalue weighted by Crippen LogP contribution is 2.48. The second-order valence-corrected chi connectivity index (χ2v) is 6.08. The van der Waals surface area contributed by atoms with Crippen molar-refractivity contribution in [3.8, 4) is 0 Å². The molecule has 0 aromatic heterocycles. The molecular weight excluding hydrogens is 258 g/mol. The van der Waals surface area contributed by atoms with Crippen molar-refractivity contribution in [1.29, 1.82) is 0 Å². The van der Waals surface area contributed by atoms with Crippen molar-refractivity contribution in [2.75, 3.05) is 10.8 Å². The fourth-order valence-corrected chi connectivity index (χ4v) is 3.12. The van der Waals surface area contributed by atoms with Gasteiger partial charge in [0.25, 0.3) is 0 Å². The molecule has 1 aromatic rings. The molecule has 2 nitrogen and oxygen atoms in total. The lowest BCUT2D eigenvalue weighted by molar-refractivity contribution is -0.118. The summed E-state index contributed by atoms with van der Waals surface area (Å²) in [7, 11) is 0. The summed E-state index contributed by atoms with van der Waals surface area (Å²) in [6.45, 7) is 0. The van der Waals surface area contributed by atoms with Gasteiger partial charge in [-0.15, -0.1) is 11.6 Å². The molecule has 1 amide bonds. The van der Waals surface area contributed by atoms with Gasteiger partial charge in [0.2, 0.25) is 5.91 Å². The molecule has 0 spiro atoms. The zero-order valence-corrected chi connectivity index (χ0v) is 11.9. The summed E-state index contributed by atoms with van der Waals surface area (Å²) >= 11 is 5.78. The molecule has 3 rings (SSSR count). The Bertz CT molecular complexity index is 427. The Morgan fingerprint density at radius 2 is 1.74 bits per heavy atom. The van der Waals surface area contributed by atoms with Crippen LogP contribution < -0.4 is 4.90 Å². The van der Waals surface area contributed by atoms with Crippen LogP contribution in [0.1, 0.15) is 32.1 Å². The molecule has 0 N–H and O–H groups in total. The predicted molar refractivity (Wildman–Crippen MR) is 78.5 cm³/mol. The molecule has 2 fully saturated rings. The van der Waals surface area contributed by atoms with E-state index in [1.54, 1.807) is 0 Å². The third-order valence-corrected chi connectivity index (χ3v) is 4.31. The zero-order chi connectivity index (χ0) is 13.2. The van der Waals surface area contributed by atoms with Gasteiger partial charge in [-0.25, -0.2) is 0 Å². The maximum Gasteiger partial charge on any atom is 0.228 e. The van der Waals surface area contributed by atoms with Crippen molar-refractivity contribution in [2.24, 2.45) is 11.8 Å². The Labute approximate surface area is 119 Å². The molecule has 2 aliphatic rings. The van der Waals surface area contributed by atoms with Gasteiger partial charge in [0.15, 0.2) is 0 Å². The lowest BCUT2D eigenvalue weighted by Crippen LogP contribution is -2.43. The van der Waals surface area contributed by atoms with Crippen LogP contribution >= 0.6 is 11.6 Å². The Morgan fingerprint density at radius 3 is 2.21 bits per heavy atom. The Morgan fingerprint density at radius 1 is 1.16 bits per heavy atom. The SMILES string of the molecule is O=C(CCCl)N(c1ccccc1)C(C1CC1)C1CC1. The van der Waals surface area contributed by atoms with Gasteiger partial charge in [-0.05, 0) is 49.7 Å². The highest BCUT2D eigenvalue weighted by Gasteiger charge is 2.46. The Kier molecular flexibility index (Phi) is 3.79. The number of halogens is 1. The summed E-state index contributed by atoms with van der Waals surface area (Å²) in [6.07, 6.45) is 5.54. The summed E-state index contributed by atoms with van der Waals surface area (Å²) in [4.78, 5) is 14.5. The number of carbonyl (C=O) groups excluding carboxylic acids is 1. The maximum atomic E-state index is 12.5. The first kappa shape index (κ1) is 13.0. The molecule has 0 radical (unpaired) electrons. The molecule has 0 heterocycles. The van der Waals surface area contributed by atoms with Crippen LogP contribution in [0.25, 0.3) is 0 Å². The number of hydrogen-bond acceptors (Lipinski definition) is 1. The van der Waals surface area contributed by atoms with Gasteiger partial charge in [0.1, 0.15) is 0 Å². The van der Waals surface area contributed by atoms with E-state index in [1.807, 2.05) is 30.3 Å². The molecule has 19 heavy (non-hydrogen) atoms. The van der Waals surface area contributed by atoms with Crippen LogP contribution in [0.15, 0.2) is 30.3 Å². The van der Waals surface area contributed by atoms with Gasteiger partial charge in [0, 0.05) is 24.0 Å². The van der Waals surface area contributed by atoms with Crippen LogP contribution in [0.2, 0.25) is 0 Å². The second kappa shape index (κ2) is 5.54.